The molecule has 0 fully saturated rings. The number of benzene rings is 1. The highest BCUT2D eigenvalue weighted by Crippen LogP contribution is 2.24. The lowest BCUT2D eigenvalue weighted by Crippen LogP contribution is -2.08. The van der Waals surface area contributed by atoms with Crippen LogP contribution in [0.15, 0.2) is 12.1 Å². The first-order valence-electron chi connectivity index (χ1n) is 4.93. The van der Waals surface area contributed by atoms with E-state index in [-0.39, 0.29) is 12.4 Å². The van der Waals surface area contributed by atoms with E-state index in [1.807, 2.05) is 6.92 Å². The van der Waals surface area contributed by atoms with Crippen LogP contribution in [0.3, 0.4) is 0 Å². The summed E-state index contributed by atoms with van der Waals surface area (Å²) in [5, 5.41) is 0.403. The Balaban J connectivity index is 2.65. The molecule has 0 radical (unpaired) electrons. The fraction of sp³-hybridized carbons (Fsp3) is 0.455. The predicted molar refractivity (Wildman–Crippen MR) is 61.0 cm³/mol. The lowest BCUT2D eigenvalue weighted by molar-refractivity contribution is 0.107. The van der Waals surface area contributed by atoms with Gasteiger partial charge in [0.05, 0.1) is 6.61 Å². The fourth-order valence-corrected chi connectivity index (χ4v) is 1.50. The van der Waals surface area contributed by atoms with Crippen molar-refractivity contribution in [2.75, 3.05) is 19.8 Å². The van der Waals surface area contributed by atoms with E-state index in [1.165, 1.54) is 12.1 Å². The zero-order valence-electron chi connectivity index (χ0n) is 8.93. The van der Waals surface area contributed by atoms with Crippen molar-refractivity contribution in [3.63, 3.8) is 0 Å². The van der Waals surface area contributed by atoms with E-state index in [9.17, 15) is 8.78 Å². The number of alkyl halides is 1. The standard InChI is InChI=1S/C11H13BrF2O2/c1-2-15-3-4-16-11-9(13)5-8(7-12)6-10(11)14/h5-6H,2-4,7H2,1H3. The molecule has 0 amide bonds. The molecule has 0 aliphatic rings. The summed E-state index contributed by atoms with van der Waals surface area (Å²) in [6.07, 6.45) is 0. The molecule has 90 valence electrons. The van der Waals surface area contributed by atoms with E-state index in [4.69, 9.17) is 9.47 Å². The summed E-state index contributed by atoms with van der Waals surface area (Å²) in [4.78, 5) is 0. The Labute approximate surface area is 102 Å². The molecule has 0 unspecified atom stereocenters. The smallest absolute Gasteiger partial charge is 0.190 e. The van der Waals surface area contributed by atoms with Gasteiger partial charge in [0.15, 0.2) is 17.4 Å². The van der Waals surface area contributed by atoms with Crippen molar-refractivity contribution in [2.24, 2.45) is 0 Å². The van der Waals surface area contributed by atoms with Crippen LogP contribution in [-0.2, 0) is 10.1 Å². The van der Waals surface area contributed by atoms with Crippen LogP contribution in [0.25, 0.3) is 0 Å². The maximum atomic E-state index is 13.4. The second-order valence-electron chi connectivity index (χ2n) is 3.07. The van der Waals surface area contributed by atoms with Gasteiger partial charge >= 0.3 is 0 Å². The first kappa shape index (κ1) is 13.4. The molecule has 0 saturated heterocycles. The molecular weight excluding hydrogens is 282 g/mol. The molecule has 0 aliphatic carbocycles. The zero-order chi connectivity index (χ0) is 12.0. The van der Waals surface area contributed by atoms with Gasteiger partial charge in [-0.05, 0) is 24.6 Å². The monoisotopic (exact) mass is 294 g/mol. The molecule has 16 heavy (non-hydrogen) atoms. The van der Waals surface area contributed by atoms with Crippen LogP contribution in [0.2, 0.25) is 0 Å². The normalized spacial score (nSPS) is 10.5. The van der Waals surface area contributed by atoms with Crippen molar-refractivity contribution in [1.29, 1.82) is 0 Å². The van der Waals surface area contributed by atoms with Crippen LogP contribution in [-0.4, -0.2) is 19.8 Å². The zero-order valence-corrected chi connectivity index (χ0v) is 10.5. The molecule has 5 heteroatoms. The highest BCUT2D eigenvalue weighted by molar-refractivity contribution is 9.08. The maximum Gasteiger partial charge on any atom is 0.190 e. The summed E-state index contributed by atoms with van der Waals surface area (Å²) >= 11 is 3.13. The highest BCUT2D eigenvalue weighted by atomic mass is 79.9. The molecule has 0 spiro atoms. The highest BCUT2D eigenvalue weighted by Gasteiger charge is 2.12. The average Bonchev–Trinajstić information content (AvgIpc) is 2.26. The van der Waals surface area contributed by atoms with Gasteiger partial charge in [-0.25, -0.2) is 8.78 Å². The molecule has 0 N–H and O–H groups in total. The van der Waals surface area contributed by atoms with Crippen LogP contribution in [0.1, 0.15) is 12.5 Å². The van der Waals surface area contributed by atoms with Crippen molar-refractivity contribution in [3.05, 3.63) is 29.3 Å². The molecule has 0 aromatic heterocycles. The van der Waals surface area contributed by atoms with Crippen LogP contribution < -0.4 is 4.74 Å². The first-order valence-corrected chi connectivity index (χ1v) is 6.05. The van der Waals surface area contributed by atoms with Crippen LogP contribution in [0.5, 0.6) is 5.75 Å². The Kier molecular flexibility index (Phi) is 5.69. The van der Waals surface area contributed by atoms with Crippen LogP contribution in [0, 0.1) is 11.6 Å². The van der Waals surface area contributed by atoms with Crippen molar-refractivity contribution in [1.82, 2.24) is 0 Å². The van der Waals surface area contributed by atoms with E-state index in [1.54, 1.807) is 0 Å². The van der Waals surface area contributed by atoms with Crippen molar-refractivity contribution < 1.29 is 18.3 Å². The van der Waals surface area contributed by atoms with Gasteiger partial charge in [0.1, 0.15) is 6.61 Å². The van der Waals surface area contributed by atoms with Crippen molar-refractivity contribution in [2.45, 2.75) is 12.3 Å². The SMILES string of the molecule is CCOCCOc1c(F)cc(CBr)cc1F. The number of halogens is 3. The van der Waals surface area contributed by atoms with Crippen molar-refractivity contribution >= 4 is 15.9 Å². The predicted octanol–water partition coefficient (Wildman–Crippen LogP) is 3.28. The minimum absolute atomic E-state index is 0.134. The Morgan fingerprint density at radius 1 is 1.19 bits per heavy atom. The molecule has 0 atom stereocenters. The van der Waals surface area contributed by atoms with E-state index < -0.39 is 11.6 Å². The quantitative estimate of drug-likeness (QED) is 0.592. The van der Waals surface area contributed by atoms with Gasteiger partial charge in [-0.2, -0.15) is 0 Å². The van der Waals surface area contributed by atoms with Gasteiger partial charge in [-0.15, -0.1) is 0 Å². The second-order valence-corrected chi connectivity index (χ2v) is 3.63. The fourth-order valence-electron chi connectivity index (χ4n) is 1.17. The molecule has 1 rings (SSSR count). The Morgan fingerprint density at radius 3 is 2.31 bits per heavy atom. The third kappa shape index (κ3) is 3.72. The van der Waals surface area contributed by atoms with Crippen LogP contribution >= 0.6 is 15.9 Å². The summed E-state index contributed by atoms with van der Waals surface area (Å²) in [6.45, 7) is 2.84. The molecular formula is C11H13BrF2O2. The van der Waals surface area contributed by atoms with E-state index in [0.717, 1.165) is 0 Å². The van der Waals surface area contributed by atoms with Crippen molar-refractivity contribution in [3.8, 4) is 5.75 Å². The Morgan fingerprint density at radius 2 is 1.81 bits per heavy atom. The van der Waals surface area contributed by atoms with E-state index in [0.29, 0.717) is 24.1 Å². The third-order valence-corrected chi connectivity index (χ3v) is 2.54. The van der Waals surface area contributed by atoms with Gasteiger partial charge in [-0.1, -0.05) is 15.9 Å². The number of hydrogen-bond donors (Lipinski definition) is 0. The lowest BCUT2D eigenvalue weighted by atomic mass is 10.2. The first-order chi connectivity index (χ1) is 7.69. The molecule has 0 heterocycles. The van der Waals surface area contributed by atoms with E-state index >= 15 is 0 Å². The Bertz CT molecular complexity index is 322. The molecule has 1 aromatic rings. The minimum Gasteiger partial charge on any atom is -0.485 e. The second kappa shape index (κ2) is 6.81. The molecule has 0 aliphatic heterocycles. The van der Waals surface area contributed by atoms with Gasteiger partial charge in [-0.3, -0.25) is 0 Å². The van der Waals surface area contributed by atoms with Crippen LogP contribution in [0.4, 0.5) is 8.78 Å². The van der Waals surface area contributed by atoms with Gasteiger partial charge in [0, 0.05) is 11.9 Å². The summed E-state index contributed by atoms with van der Waals surface area (Å²) in [5.74, 6) is -1.72. The minimum atomic E-state index is -0.689. The van der Waals surface area contributed by atoms with Gasteiger partial charge in [0.2, 0.25) is 0 Å². The lowest BCUT2D eigenvalue weighted by Gasteiger charge is -2.09. The van der Waals surface area contributed by atoms with Gasteiger partial charge in [0.25, 0.3) is 0 Å². The topological polar surface area (TPSA) is 18.5 Å². The molecule has 0 saturated carbocycles. The summed E-state index contributed by atoms with van der Waals surface area (Å²) in [5.41, 5.74) is 0.534. The number of rotatable bonds is 6. The molecule has 1 aromatic carbocycles. The summed E-state index contributed by atoms with van der Waals surface area (Å²) in [7, 11) is 0. The number of hydrogen-bond acceptors (Lipinski definition) is 2. The maximum absolute atomic E-state index is 13.4. The Hall–Kier alpha value is -0.680. The largest absolute Gasteiger partial charge is 0.485 e. The number of ether oxygens (including phenoxy) is 2. The van der Waals surface area contributed by atoms with E-state index in [2.05, 4.69) is 15.9 Å². The molecule has 2 nitrogen and oxygen atoms in total. The summed E-state index contributed by atoms with van der Waals surface area (Å²) < 4.78 is 36.7. The average molecular weight is 295 g/mol. The van der Waals surface area contributed by atoms with Gasteiger partial charge < -0.3 is 9.47 Å². The summed E-state index contributed by atoms with van der Waals surface area (Å²) in [6, 6.07) is 2.49. The third-order valence-electron chi connectivity index (χ3n) is 1.89. The molecule has 0 bridgehead atoms.